The summed E-state index contributed by atoms with van der Waals surface area (Å²) < 4.78 is 60.2. The Labute approximate surface area is 160 Å². The van der Waals surface area contributed by atoms with Crippen LogP contribution in [0.3, 0.4) is 0 Å². The molecule has 4 rings (SSSR count). The van der Waals surface area contributed by atoms with Crippen LogP contribution in [0.5, 0.6) is 0 Å². The van der Waals surface area contributed by atoms with Gasteiger partial charge in [-0.1, -0.05) is 42.5 Å². The van der Waals surface area contributed by atoms with Gasteiger partial charge in [-0.05, 0) is 30.0 Å². The van der Waals surface area contributed by atoms with Crippen molar-refractivity contribution < 1.29 is 27.4 Å². The Hall–Kier alpha value is -1.96. The molecule has 150 valence electrons. The van der Waals surface area contributed by atoms with Crippen molar-refractivity contribution in [3.05, 3.63) is 71.0 Å². The lowest BCUT2D eigenvalue weighted by molar-refractivity contribution is -0.161. The third-order valence-corrected chi connectivity index (χ3v) is 5.71. The van der Waals surface area contributed by atoms with Crippen molar-refractivity contribution >= 4 is 0 Å². The summed E-state index contributed by atoms with van der Waals surface area (Å²) in [5.41, 5.74) is -2.41. The Morgan fingerprint density at radius 3 is 2.25 bits per heavy atom. The molecule has 7 heteroatoms. The molecule has 0 amide bonds. The van der Waals surface area contributed by atoms with Gasteiger partial charge in [0.2, 0.25) is 0 Å². The van der Waals surface area contributed by atoms with E-state index in [-0.39, 0.29) is 30.5 Å². The second-order valence-corrected chi connectivity index (χ2v) is 7.60. The molecular formula is C21H21F4NO2. The van der Waals surface area contributed by atoms with Crippen molar-refractivity contribution in [2.45, 2.75) is 43.2 Å². The number of hydrogen-bond acceptors (Lipinski definition) is 3. The van der Waals surface area contributed by atoms with Crippen LogP contribution in [0.15, 0.2) is 48.5 Å². The van der Waals surface area contributed by atoms with Gasteiger partial charge in [0.05, 0.1) is 24.4 Å². The lowest BCUT2D eigenvalue weighted by Crippen LogP contribution is -2.60. The molecule has 0 aliphatic carbocycles. The van der Waals surface area contributed by atoms with E-state index in [1.54, 1.807) is 0 Å². The fourth-order valence-electron chi connectivity index (χ4n) is 4.52. The van der Waals surface area contributed by atoms with Crippen LogP contribution in [0.4, 0.5) is 17.6 Å². The Morgan fingerprint density at radius 1 is 1.00 bits per heavy atom. The largest absolute Gasteiger partial charge is 0.419 e. The second kappa shape index (κ2) is 7.13. The summed E-state index contributed by atoms with van der Waals surface area (Å²) in [6.45, 7) is 1.27. The van der Waals surface area contributed by atoms with Crippen molar-refractivity contribution in [3.8, 4) is 0 Å². The molecule has 1 N–H and O–H groups in total. The minimum Gasteiger partial charge on any atom is -0.385 e. The van der Waals surface area contributed by atoms with Gasteiger partial charge in [0.15, 0.2) is 0 Å². The van der Waals surface area contributed by atoms with Gasteiger partial charge in [-0.25, -0.2) is 4.39 Å². The van der Waals surface area contributed by atoms with Gasteiger partial charge in [0, 0.05) is 18.6 Å². The molecule has 2 aliphatic rings. The molecule has 2 aromatic carbocycles. The lowest BCUT2D eigenvalue weighted by atomic mass is 9.75. The van der Waals surface area contributed by atoms with Crippen LogP contribution in [-0.4, -0.2) is 35.3 Å². The van der Waals surface area contributed by atoms with Crippen molar-refractivity contribution in [1.29, 1.82) is 0 Å². The normalized spacial score (nSPS) is 28.3. The van der Waals surface area contributed by atoms with E-state index in [4.69, 9.17) is 4.74 Å². The van der Waals surface area contributed by atoms with Crippen molar-refractivity contribution in [2.24, 2.45) is 0 Å². The zero-order chi connectivity index (χ0) is 19.9. The van der Waals surface area contributed by atoms with Gasteiger partial charge < -0.3 is 9.84 Å². The van der Waals surface area contributed by atoms with Gasteiger partial charge >= 0.3 is 6.18 Å². The first kappa shape index (κ1) is 19.4. The Kier molecular flexibility index (Phi) is 4.93. The molecule has 28 heavy (non-hydrogen) atoms. The maximum Gasteiger partial charge on any atom is 0.419 e. The van der Waals surface area contributed by atoms with Crippen LogP contribution in [0, 0.1) is 5.82 Å². The first-order valence-electron chi connectivity index (χ1n) is 9.24. The number of fused-ring (bicyclic) bond motifs is 2. The smallest absolute Gasteiger partial charge is 0.385 e. The molecule has 0 spiro atoms. The number of hydrogen-bond donors (Lipinski definition) is 1. The highest BCUT2D eigenvalue weighted by atomic mass is 19.4. The average molecular weight is 395 g/mol. The molecule has 0 aromatic heterocycles. The van der Waals surface area contributed by atoms with Crippen molar-refractivity contribution in [1.82, 2.24) is 4.90 Å². The lowest BCUT2D eigenvalue weighted by Gasteiger charge is -2.52. The van der Waals surface area contributed by atoms with Gasteiger partial charge in [-0.15, -0.1) is 0 Å². The van der Waals surface area contributed by atoms with Crippen LogP contribution in [0.1, 0.15) is 29.5 Å². The number of alkyl halides is 3. The van der Waals surface area contributed by atoms with Crippen LogP contribution in [0.2, 0.25) is 0 Å². The van der Waals surface area contributed by atoms with E-state index in [0.717, 1.165) is 11.6 Å². The summed E-state index contributed by atoms with van der Waals surface area (Å²) in [5.74, 6) is -1.36. The van der Waals surface area contributed by atoms with Crippen molar-refractivity contribution in [3.63, 3.8) is 0 Å². The topological polar surface area (TPSA) is 32.7 Å². The molecule has 0 radical (unpaired) electrons. The standard InChI is InChI=1S/C21H21F4NO2/c22-18-8-4-7-17(19(18)21(23,24)25)20(27)9-15-12-28-13-16(10-20)26(15)11-14-5-2-1-3-6-14/h1-8,15-16,27H,9-13H2. The van der Waals surface area contributed by atoms with E-state index in [9.17, 15) is 22.7 Å². The highest BCUT2D eigenvalue weighted by Crippen LogP contribution is 2.46. The zero-order valence-electron chi connectivity index (χ0n) is 15.1. The van der Waals surface area contributed by atoms with Crippen LogP contribution < -0.4 is 0 Å². The summed E-state index contributed by atoms with van der Waals surface area (Å²) in [4.78, 5) is 2.18. The molecule has 0 saturated carbocycles. The highest BCUT2D eigenvalue weighted by molar-refractivity contribution is 5.37. The summed E-state index contributed by atoms with van der Waals surface area (Å²) in [6, 6.07) is 12.5. The van der Waals surface area contributed by atoms with Gasteiger partial charge in [0.1, 0.15) is 5.82 Å². The molecule has 2 bridgehead atoms. The molecule has 2 fully saturated rings. The average Bonchev–Trinajstić information content (AvgIpc) is 2.62. The zero-order valence-corrected chi connectivity index (χ0v) is 15.1. The third kappa shape index (κ3) is 3.54. The van der Waals surface area contributed by atoms with Crippen molar-refractivity contribution in [2.75, 3.05) is 13.2 Å². The molecule has 2 aliphatic heterocycles. The van der Waals surface area contributed by atoms with E-state index in [1.807, 2.05) is 30.3 Å². The molecule has 2 unspecified atom stereocenters. The summed E-state index contributed by atoms with van der Waals surface area (Å²) in [5, 5.41) is 11.3. The van der Waals surface area contributed by atoms with E-state index >= 15 is 0 Å². The Morgan fingerprint density at radius 2 is 1.64 bits per heavy atom. The number of nitrogens with zero attached hydrogens (tertiary/aromatic N) is 1. The monoisotopic (exact) mass is 395 g/mol. The van der Waals surface area contributed by atoms with E-state index < -0.39 is 23.2 Å². The minimum absolute atomic E-state index is 0.0584. The molecule has 2 saturated heterocycles. The maximum atomic E-state index is 14.1. The number of halogens is 4. The van der Waals surface area contributed by atoms with E-state index in [1.165, 1.54) is 12.1 Å². The molecular weight excluding hydrogens is 374 g/mol. The molecule has 2 atom stereocenters. The number of aliphatic hydroxyl groups is 1. The molecule has 2 heterocycles. The number of benzene rings is 2. The van der Waals surface area contributed by atoms with Crippen LogP contribution >= 0.6 is 0 Å². The summed E-state index contributed by atoms with van der Waals surface area (Å²) in [6.07, 6.45) is -4.76. The summed E-state index contributed by atoms with van der Waals surface area (Å²) in [7, 11) is 0. The first-order valence-corrected chi connectivity index (χ1v) is 9.24. The van der Waals surface area contributed by atoms with Crippen LogP contribution in [-0.2, 0) is 23.1 Å². The molecule has 3 nitrogen and oxygen atoms in total. The maximum absolute atomic E-state index is 14.1. The minimum atomic E-state index is -4.87. The predicted octanol–water partition coefficient (Wildman–Crippen LogP) is 4.10. The number of piperidine rings is 1. The predicted molar refractivity (Wildman–Crippen MR) is 94.9 cm³/mol. The first-order chi connectivity index (χ1) is 13.3. The number of morpholine rings is 1. The Bertz CT molecular complexity index is 826. The van der Waals surface area contributed by atoms with Gasteiger partial charge in [-0.3, -0.25) is 4.90 Å². The van der Waals surface area contributed by atoms with Gasteiger partial charge in [-0.2, -0.15) is 13.2 Å². The fraction of sp³-hybridized carbons (Fsp3) is 0.429. The fourth-order valence-corrected chi connectivity index (χ4v) is 4.52. The molecule has 2 aromatic rings. The van der Waals surface area contributed by atoms with Crippen LogP contribution in [0.25, 0.3) is 0 Å². The quantitative estimate of drug-likeness (QED) is 0.795. The number of rotatable bonds is 3. The number of ether oxygens (including phenoxy) is 1. The summed E-state index contributed by atoms with van der Waals surface area (Å²) >= 11 is 0. The highest BCUT2D eigenvalue weighted by Gasteiger charge is 2.50. The SMILES string of the molecule is OC1(c2cccc(F)c2C(F)(F)F)CC2COCC(C1)N2Cc1ccccc1. The third-order valence-electron chi connectivity index (χ3n) is 5.71. The second-order valence-electron chi connectivity index (χ2n) is 7.60. The van der Waals surface area contributed by atoms with E-state index in [0.29, 0.717) is 19.8 Å². The van der Waals surface area contributed by atoms with E-state index in [2.05, 4.69) is 4.90 Å². The van der Waals surface area contributed by atoms with Gasteiger partial charge in [0.25, 0.3) is 0 Å². The Balaban J connectivity index is 1.67.